The number of amides is 3. The summed E-state index contributed by atoms with van der Waals surface area (Å²) in [4.78, 5) is 36.7. The maximum Gasteiger partial charge on any atom is 0.573 e. The second-order valence-electron chi connectivity index (χ2n) is 7.53. The Morgan fingerprint density at radius 1 is 1.26 bits per heavy atom. The van der Waals surface area contributed by atoms with Gasteiger partial charge in [-0.15, -0.1) is 13.2 Å². The molecule has 0 aromatic heterocycles. The minimum absolute atomic E-state index is 0.0220. The van der Waals surface area contributed by atoms with Gasteiger partial charge in [-0.2, -0.15) is 0 Å². The summed E-state index contributed by atoms with van der Waals surface area (Å²) >= 11 is 0. The minimum Gasteiger partial charge on any atom is -0.442 e. The van der Waals surface area contributed by atoms with E-state index in [-0.39, 0.29) is 47.1 Å². The SMILES string of the molecule is CC(=O)NC[C@H]1CN(c2ccc(/C=C3\C(=O)Nc4ccc(OC(F)(F)F)cc43)c(F)c2)C(=O)O1. The van der Waals surface area contributed by atoms with Gasteiger partial charge >= 0.3 is 12.5 Å². The van der Waals surface area contributed by atoms with Gasteiger partial charge in [0.1, 0.15) is 17.7 Å². The molecule has 1 atom stereocenters. The molecule has 1 fully saturated rings. The number of carbonyl (C=O) groups excluding carboxylic acids is 3. The highest BCUT2D eigenvalue weighted by atomic mass is 19.4. The number of anilines is 2. The second kappa shape index (κ2) is 8.69. The van der Waals surface area contributed by atoms with Gasteiger partial charge in [0, 0.05) is 29.3 Å². The van der Waals surface area contributed by atoms with E-state index in [0.717, 1.165) is 18.2 Å². The summed E-state index contributed by atoms with van der Waals surface area (Å²) in [7, 11) is 0. The first-order valence-corrected chi connectivity index (χ1v) is 9.95. The lowest BCUT2D eigenvalue weighted by Crippen LogP contribution is -2.33. The first kappa shape index (κ1) is 23.1. The van der Waals surface area contributed by atoms with Crippen molar-refractivity contribution < 1.29 is 41.4 Å². The lowest BCUT2D eigenvalue weighted by Gasteiger charge is -2.14. The topological polar surface area (TPSA) is 97.0 Å². The fourth-order valence-corrected chi connectivity index (χ4v) is 3.56. The zero-order valence-corrected chi connectivity index (χ0v) is 17.5. The Hall–Kier alpha value is -4.09. The zero-order valence-electron chi connectivity index (χ0n) is 17.5. The average molecular weight is 479 g/mol. The Bertz CT molecular complexity index is 1210. The molecule has 4 rings (SSSR count). The Labute approximate surface area is 190 Å². The third kappa shape index (κ3) is 4.95. The molecule has 34 heavy (non-hydrogen) atoms. The van der Waals surface area contributed by atoms with E-state index in [2.05, 4.69) is 15.4 Å². The van der Waals surface area contributed by atoms with Crippen LogP contribution in [-0.4, -0.2) is 43.5 Å². The second-order valence-corrected chi connectivity index (χ2v) is 7.53. The predicted molar refractivity (Wildman–Crippen MR) is 112 cm³/mol. The number of alkyl halides is 3. The smallest absolute Gasteiger partial charge is 0.442 e. The third-order valence-electron chi connectivity index (χ3n) is 5.06. The van der Waals surface area contributed by atoms with Gasteiger partial charge in [-0.05, 0) is 42.5 Å². The van der Waals surface area contributed by atoms with Crippen LogP contribution in [0.5, 0.6) is 5.75 Å². The van der Waals surface area contributed by atoms with Crippen molar-refractivity contribution in [2.45, 2.75) is 19.4 Å². The summed E-state index contributed by atoms with van der Waals surface area (Å²) in [5, 5.41) is 5.03. The van der Waals surface area contributed by atoms with Crippen LogP contribution in [0.2, 0.25) is 0 Å². The number of carbonyl (C=O) groups is 3. The van der Waals surface area contributed by atoms with Crippen molar-refractivity contribution in [1.29, 1.82) is 0 Å². The highest BCUT2D eigenvalue weighted by Crippen LogP contribution is 2.37. The molecule has 2 heterocycles. The van der Waals surface area contributed by atoms with Crippen molar-refractivity contribution in [1.82, 2.24) is 5.32 Å². The van der Waals surface area contributed by atoms with Crippen LogP contribution in [0.25, 0.3) is 11.6 Å². The Kier molecular flexibility index (Phi) is 5.90. The Morgan fingerprint density at radius 2 is 2.03 bits per heavy atom. The summed E-state index contributed by atoms with van der Waals surface area (Å²) < 4.78 is 61.5. The van der Waals surface area contributed by atoms with Crippen LogP contribution in [0.1, 0.15) is 18.1 Å². The molecule has 2 aliphatic rings. The summed E-state index contributed by atoms with van der Waals surface area (Å²) in [6.07, 6.45) is -5.02. The number of nitrogens with one attached hydrogen (secondary N) is 2. The molecule has 0 spiro atoms. The minimum atomic E-state index is -4.91. The molecule has 12 heteroatoms. The molecule has 1 saturated heterocycles. The summed E-state index contributed by atoms with van der Waals surface area (Å²) in [6.45, 7) is 1.53. The molecule has 2 N–H and O–H groups in total. The molecule has 0 radical (unpaired) electrons. The fraction of sp³-hybridized carbons (Fsp3) is 0.227. The molecule has 0 bridgehead atoms. The van der Waals surface area contributed by atoms with E-state index in [1.54, 1.807) is 0 Å². The third-order valence-corrected chi connectivity index (χ3v) is 5.06. The van der Waals surface area contributed by atoms with E-state index < -0.39 is 36.0 Å². The van der Waals surface area contributed by atoms with Gasteiger partial charge in [0.2, 0.25) is 5.91 Å². The standard InChI is InChI=1S/C22H17F4N3O5/c1-11(30)27-9-15-10-29(21(32)33-15)13-3-2-12(18(23)7-13)6-17-16-8-14(34-22(24,25)26)4-5-19(16)28-20(17)31/h2-8,15H,9-10H2,1H3,(H,27,30)(H,28,31)/b17-6-/t15-/m0/s1. The lowest BCUT2D eigenvalue weighted by molar-refractivity contribution is -0.274. The molecule has 2 aromatic carbocycles. The first-order chi connectivity index (χ1) is 16.0. The number of ether oxygens (including phenoxy) is 2. The van der Waals surface area contributed by atoms with Crippen molar-refractivity contribution in [3.8, 4) is 5.75 Å². The van der Waals surface area contributed by atoms with Crippen LogP contribution in [0, 0.1) is 5.82 Å². The van der Waals surface area contributed by atoms with Gasteiger partial charge in [0.05, 0.1) is 18.8 Å². The number of halogens is 4. The zero-order chi connectivity index (χ0) is 24.6. The van der Waals surface area contributed by atoms with Crippen LogP contribution in [0.15, 0.2) is 36.4 Å². The number of nitrogens with zero attached hydrogens (tertiary/aromatic N) is 1. The molecule has 0 saturated carbocycles. The van der Waals surface area contributed by atoms with Gasteiger partial charge in [-0.1, -0.05) is 0 Å². The maximum absolute atomic E-state index is 14.9. The number of benzene rings is 2. The van der Waals surface area contributed by atoms with E-state index in [1.165, 1.54) is 36.1 Å². The molecular formula is C22H17F4N3O5. The van der Waals surface area contributed by atoms with Crippen molar-refractivity contribution in [2.75, 3.05) is 23.3 Å². The number of hydrogen-bond acceptors (Lipinski definition) is 5. The van der Waals surface area contributed by atoms with Crippen molar-refractivity contribution in [2.24, 2.45) is 0 Å². The Morgan fingerprint density at radius 3 is 2.71 bits per heavy atom. The molecule has 2 aliphatic heterocycles. The largest absolute Gasteiger partial charge is 0.573 e. The number of fused-ring (bicyclic) bond motifs is 1. The molecule has 178 valence electrons. The van der Waals surface area contributed by atoms with Crippen LogP contribution >= 0.6 is 0 Å². The van der Waals surface area contributed by atoms with E-state index >= 15 is 0 Å². The summed E-state index contributed by atoms with van der Waals surface area (Å²) in [6, 6.07) is 7.19. The van der Waals surface area contributed by atoms with Gasteiger partial charge < -0.3 is 20.1 Å². The van der Waals surface area contributed by atoms with Crippen molar-refractivity contribution >= 4 is 40.9 Å². The Balaban J connectivity index is 1.57. The quantitative estimate of drug-likeness (QED) is 0.504. The molecule has 2 aromatic rings. The number of hydrogen-bond donors (Lipinski definition) is 2. The normalized spacial score (nSPS) is 18.6. The molecule has 0 aliphatic carbocycles. The van der Waals surface area contributed by atoms with Gasteiger partial charge in [-0.25, -0.2) is 9.18 Å². The average Bonchev–Trinajstić information content (AvgIpc) is 3.26. The van der Waals surface area contributed by atoms with Crippen molar-refractivity contribution in [3.05, 3.63) is 53.3 Å². The van der Waals surface area contributed by atoms with Crippen LogP contribution in [0.3, 0.4) is 0 Å². The van der Waals surface area contributed by atoms with E-state index in [9.17, 15) is 31.9 Å². The fourth-order valence-electron chi connectivity index (χ4n) is 3.56. The molecule has 8 nitrogen and oxygen atoms in total. The van der Waals surface area contributed by atoms with E-state index in [0.29, 0.717) is 0 Å². The van der Waals surface area contributed by atoms with Crippen LogP contribution < -0.4 is 20.3 Å². The van der Waals surface area contributed by atoms with Crippen LogP contribution in [0.4, 0.5) is 33.7 Å². The molecule has 0 unspecified atom stereocenters. The van der Waals surface area contributed by atoms with Gasteiger partial charge in [0.25, 0.3) is 5.91 Å². The lowest BCUT2D eigenvalue weighted by atomic mass is 10.0. The van der Waals surface area contributed by atoms with Gasteiger partial charge in [-0.3, -0.25) is 14.5 Å². The van der Waals surface area contributed by atoms with Crippen LogP contribution in [-0.2, 0) is 14.3 Å². The first-order valence-electron chi connectivity index (χ1n) is 9.95. The summed E-state index contributed by atoms with van der Waals surface area (Å²) in [5.74, 6) is -2.20. The highest BCUT2D eigenvalue weighted by Gasteiger charge is 2.34. The maximum atomic E-state index is 14.9. The van der Waals surface area contributed by atoms with Crippen molar-refractivity contribution in [3.63, 3.8) is 0 Å². The predicted octanol–water partition coefficient (Wildman–Crippen LogP) is 3.68. The highest BCUT2D eigenvalue weighted by molar-refractivity contribution is 6.35. The molecule has 3 amide bonds. The monoisotopic (exact) mass is 479 g/mol. The number of cyclic esters (lactones) is 1. The van der Waals surface area contributed by atoms with E-state index in [1.807, 2.05) is 0 Å². The summed E-state index contributed by atoms with van der Waals surface area (Å²) in [5.41, 5.74) is 0.510. The van der Waals surface area contributed by atoms with Gasteiger partial charge in [0.15, 0.2) is 0 Å². The number of rotatable bonds is 5. The van der Waals surface area contributed by atoms with E-state index in [4.69, 9.17) is 4.74 Å². The molecular weight excluding hydrogens is 462 g/mol.